The van der Waals surface area contributed by atoms with Crippen molar-refractivity contribution in [1.29, 1.82) is 0 Å². The molecule has 5 amide bonds. The number of hydrogen-bond donors (Lipinski definition) is 1. The van der Waals surface area contributed by atoms with Crippen LogP contribution in [0.2, 0.25) is 0 Å². The number of likely N-dealkylation sites (tertiary alicyclic amines) is 1. The molecule has 4 aliphatic rings. The summed E-state index contributed by atoms with van der Waals surface area (Å²) in [6.07, 6.45) is -0.229. The van der Waals surface area contributed by atoms with Crippen LogP contribution in [0.1, 0.15) is 54.3 Å². The minimum absolute atomic E-state index is 0.0214. The predicted octanol–water partition coefficient (Wildman–Crippen LogP) is 1.22. The lowest BCUT2D eigenvalue weighted by molar-refractivity contribution is -0.136. The van der Waals surface area contributed by atoms with Crippen molar-refractivity contribution in [3.8, 4) is 0 Å². The molecule has 4 heterocycles. The number of nitrogens with one attached hydrogen (secondary N) is 1. The lowest BCUT2D eigenvalue weighted by Crippen LogP contribution is -2.57. The van der Waals surface area contributed by atoms with Crippen LogP contribution < -0.4 is 10.2 Å². The number of halogens is 1. The largest absolute Gasteiger partial charge is 0.444 e. The van der Waals surface area contributed by atoms with E-state index in [1.165, 1.54) is 6.07 Å². The molecule has 0 saturated carbocycles. The number of amides is 5. The first-order chi connectivity index (χ1) is 17.9. The topological polar surface area (TPSA) is 120 Å². The number of anilines is 1. The number of nitrogens with zero attached hydrogens (tertiary/aromatic N) is 4. The Hall–Kier alpha value is -3.54. The van der Waals surface area contributed by atoms with Gasteiger partial charge in [0.2, 0.25) is 11.8 Å². The highest BCUT2D eigenvalue weighted by Gasteiger charge is 2.45. The molecular weight excluding hydrogens is 497 g/mol. The Morgan fingerprint density at radius 2 is 1.66 bits per heavy atom. The summed E-state index contributed by atoms with van der Waals surface area (Å²) in [7, 11) is 0. The molecule has 3 saturated heterocycles. The Morgan fingerprint density at radius 3 is 2.26 bits per heavy atom. The molecule has 5 rings (SSSR count). The van der Waals surface area contributed by atoms with Crippen LogP contribution in [0.5, 0.6) is 0 Å². The van der Waals surface area contributed by atoms with Crippen LogP contribution in [0.25, 0.3) is 0 Å². The van der Waals surface area contributed by atoms with E-state index in [4.69, 9.17) is 4.74 Å². The first-order valence-corrected chi connectivity index (χ1v) is 12.9. The second-order valence-electron chi connectivity index (χ2n) is 11.3. The second-order valence-corrected chi connectivity index (χ2v) is 11.3. The Balaban J connectivity index is 1.18. The van der Waals surface area contributed by atoms with Gasteiger partial charge in [0.1, 0.15) is 17.5 Å². The van der Waals surface area contributed by atoms with E-state index in [-0.39, 0.29) is 35.7 Å². The molecule has 3 fully saturated rings. The van der Waals surface area contributed by atoms with Gasteiger partial charge in [-0.1, -0.05) is 0 Å². The van der Waals surface area contributed by atoms with Crippen LogP contribution in [0, 0.1) is 11.7 Å². The van der Waals surface area contributed by atoms with Gasteiger partial charge in [-0.15, -0.1) is 0 Å². The first-order valence-electron chi connectivity index (χ1n) is 12.9. The highest BCUT2D eigenvalue weighted by Crippen LogP contribution is 2.33. The van der Waals surface area contributed by atoms with Gasteiger partial charge >= 0.3 is 6.09 Å². The molecule has 12 heteroatoms. The van der Waals surface area contributed by atoms with Crippen LogP contribution in [-0.2, 0) is 14.3 Å². The molecule has 1 N–H and O–H groups in total. The zero-order valence-corrected chi connectivity index (χ0v) is 21.8. The highest BCUT2D eigenvalue weighted by molar-refractivity contribution is 6.23. The standard InChI is InChI=1S/C26H32FN5O6/c1-26(2,3)38-25(37)31-13-15(14-31)12-29-6-8-30(9-7-29)20-11-17-16(10-18(20)27)23(35)32(24(17)36)19-4-5-21(33)28-22(19)34/h10-11,15,19H,4-9,12-14H2,1-3H3,(H,28,33,34). The number of ether oxygens (including phenoxy) is 1. The van der Waals surface area contributed by atoms with Crippen molar-refractivity contribution in [3.63, 3.8) is 0 Å². The van der Waals surface area contributed by atoms with E-state index in [1.54, 1.807) is 4.90 Å². The van der Waals surface area contributed by atoms with Crippen molar-refractivity contribution in [2.24, 2.45) is 5.92 Å². The van der Waals surface area contributed by atoms with Gasteiger partial charge in [0.15, 0.2) is 0 Å². The van der Waals surface area contributed by atoms with E-state index >= 15 is 4.39 Å². The van der Waals surface area contributed by atoms with Crippen LogP contribution in [0.4, 0.5) is 14.9 Å². The van der Waals surface area contributed by atoms with Crippen molar-refractivity contribution in [3.05, 3.63) is 29.1 Å². The van der Waals surface area contributed by atoms with Crippen LogP contribution in [0.3, 0.4) is 0 Å². The number of benzene rings is 1. The Kier molecular flexibility index (Phi) is 6.62. The Bertz CT molecular complexity index is 1200. The van der Waals surface area contributed by atoms with Crippen molar-refractivity contribution >= 4 is 35.4 Å². The maximum atomic E-state index is 15.1. The second kappa shape index (κ2) is 9.64. The molecule has 38 heavy (non-hydrogen) atoms. The molecular formula is C26H32FN5O6. The molecule has 0 spiro atoms. The molecule has 204 valence electrons. The maximum Gasteiger partial charge on any atom is 0.410 e. The quantitative estimate of drug-likeness (QED) is 0.579. The third-order valence-electron chi connectivity index (χ3n) is 7.35. The minimum atomic E-state index is -1.09. The fourth-order valence-corrected chi connectivity index (χ4v) is 5.42. The zero-order valence-electron chi connectivity index (χ0n) is 21.8. The number of carbonyl (C=O) groups excluding carboxylic acids is 5. The van der Waals surface area contributed by atoms with Gasteiger partial charge in [-0.25, -0.2) is 9.18 Å². The fourth-order valence-electron chi connectivity index (χ4n) is 5.42. The fraction of sp³-hybridized carbons (Fsp3) is 0.577. The van der Waals surface area contributed by atoms with E-state index in [1.807, 2.05) is 25.7 Å². The molecule has 1 aromatic carbocycles. The molecule has 4 aliphatic heterocycles. The average molecular weight is 530 g/mol. The number of hydrogen-bond acceptors (Lipinski definition) is 8. The summed E-state index contributed by atoms with van der Waals surface area (Å²) >= 11 is 0. The monoisotopic (exact) mass is 529 g/mol. The maximum absolute atomic E-state index is 15.1. The molecule has 1 aromatic rings. The van der Waals surface area contributed by atoms with E-state index in [0.29, 0.717) is 45.2 Å². The number of piperidine rings is 1. The SMILES string of the molecule is CC(C)(C)OC(=O)N1CC(CN2CCN(c3cc4c(cc3F)C(=O)N(C3CCC(=O)NC3=O)C4=O)CC2)C1. The normalized spacial score (nSPS) is 22.9. The summed E-state index contributed by atoms with van der Waals surface area (Å²) in [5, 5.41) is 2.15. The minimum Gasteiger partial charge on any atom is -0.444 e. The number of carbonyl (C=O) groups is 5. The number of fused-ring (bicyclic) bond motifs is 1. The first kappa shape index (κ1) is 26.1. The summed E-state index contributed by atoms with van der Waals surface area (Å²) in [5.41, 5.74) is -0.282. The summed E-state index contributed by atoms with van der Waals surface area (Å²) in [5.74, 6) is -2.78. The summed E-state index contributed by atoms with van der Waals surface area (Å²) in [6, 6.07) is 1.38. The van der Waals surface area contributed by atoms with Gasteiger partial charge in [0, 0.05) is 58.2 Å². The highest BCUT2D eigenvalue weighted by atomic mass is 19.1. The molecule has 1 unspecified atom stereocenters. The lowest BCUT2D eigenvalue weighted by atomic mass is 9.99. The molecule has 0 aromatic heterocycles. The van der Waals surface area contributed by atoms with Crippen LogP contribution in [-0.4, -0.2) is 102 Å². The average Bonchev–Trinajstić information content (AvgIpc) is 3.04. The number of rotatable bonds is 4. The van der Waals surface area contributed by atoms with Crippen LogP contribution in [0.15, 0.2) is 12.1 Å². The van der Waals surface area contributed by atoms with Gasteiger partial charge in [-0.2, -0.15) is 0 Å². The summed E-state index contributed by atoms with van der Waals surface area (Å²) in [6.45, 7) is 10.1. The lowest BCUT2D eigenvalue weighted by Gasteiger charge is -2.44. The van der Waals surface area contributed by atoms with Gasteiger partial charge in [-0.05, 0) is 39.3 Å². The van der Waals surface area contributed by atoms with Crippen molar-refractivity contribution in [2.45, 2.75) is 45.3 Å². The van der Waals surface area contributed by atoms with Crippen LogP contribution >= 0.6 is 0 Å². The van der Waals surface area contributed by atoms with Crippen molar-refractivity contribution < 1.29 is 33.1 Å². The Labute approximate surface area is 219 Å². The summed E-state index contributed by atoms with van der Waals surface area (Å²) < 4.78 is 20.5. The molecule has 0 bridgehead atoms. The van der Waals surface area contributed by atoms with E-state index < -0.39 is 41.1 Å². The molecule has 11 nitrogen and oxygen atoms in total. The van der Waals surface area contributed by atoms with E-state index in [9.17, 15) is 24.0 Å². The number of piperazine rings is 1. The molecule has 1 atom stereocenters. The number of imide groups is 2. The molecule has 0 radical (unpaired) electrons. The van der Waals surface area contributed by atoms with Crippen molar-refractivity contribution in [1.82, 2.24) is 20.0 Å². The zero-order chi connectivity index (χ0) is 27.4. The van der Waals surface area contributed by atoms with E-state index in [0.717, 1.165) is 17.5 Å². The summed E-state index contributed by atoms with van der Waals surface area (Å²) in [4.78, 5) is 68.5. The van der Waals surface area contributed by atoms with Gasteiger partial charge in [0.05, 0.1) is 16.8 Å². The van der Waals surface area contributed by atoms with Gasteiger partial charge in [0.25, 0.3) is 11.8 Å². The molecule has 0 aliphatic carbocycles. The third-order valence-corrected chi connectivity index (χ3v) is 7.35. The predicted molar refractivity (Wildman–Crippen MR) is 133 cm³/mol. The van der Waals surface area contributed by atoms with Gasteiger partial charge < -0.3 is 14.5 Å². The third kappa shape index (κ3) is 4.96. The smallest absolute Gasteiger partial charge is 0.410 e. The van der Waals surface area contributed by atoms with Crippen molar-refractivity contribution in [2.75, 3.05) is 50.7 Å². The van der Waals surface area contributed by atoms with Gasteiger partial charge in [-0.3, -0.25) is 34.3 Å². The Morgan fingerprint density at radius 1 is 1.03 bits per heavy atom. The van der Waals surface area contributed by atoms with E-state index in [2.05, 4.69) is 10.2 Å².